The number of halogens is 2. The average Bonchev–Trinajstić information content (AvgIpc) is 2.36. The second kappa shape index (κ2) is 2.04. The highest BCUT2D eigenvalue weighted by Crippen LogP contribution is 2.67. The number of alkyl halides is 2. The summed E-state index contributed by atoms with van der Waals surface area (Å²) in [6, 6.07) is 0. The maximum Gasteiger partial charge on any atom is 0.110 e. The molecule has 0 radical (unpaired) electrons. The van der Waals surface area contributed by atoms with Gasteiger partial charge in [0.15, 0.2) is 0 Å². The van der Waals surface area contributed by atoms with Crippen LogP contribution in [0.1, 0.15) is 26.2 Å². The molecular weight excluding hydrogens is 167 g/mol. The molecule has 0 aromatic rings. The lowest BCUT2D eigenvalue weighted by atomic mass is 10.1. The molecule has 0 aromatic carbocycles. The number of rotatable bonds is 1. The van der Waals surface area contributed by atoms with E-state index in [0.29, 0.717) is 11.3 Å². The molecule has 2 rings (SSSR count). The number of hydrogen-bond donors (Lipinski definition) is 0. The van der Waals surface area contributed by atoms with Crippen LogP contribution in [0.3, 0.4) is 0 Å². The second-order valence-electron chi connectivity index (χ2n) is 4.00. The van der Waals surface area contributed by atoms with E-state index in [1.54, 1.807) is 0 Å². The van der Waals surface area contributed by atoms with Crippen LogP contribution in [-0.4, -0.2) is 4.84 Å². The van der Waals surface area contributed by atoms with Crippen LogP contribution >= 0.6 is 23.2 Å². The van der Waals surface area contributed by atoms with E-state index in [-0.39, 0.29) is 4.84 Å². The van der Waals surface area contributed by atoms with Gasteiger partial charge in [-0.3, -0.25) is 0 Å². The van der Waals surface area contributed by atoms with Crippen molar-refractivity contribution in [1.29, 1.82) is 0 Å². The first kappa shape index (κ1) is 7.24. The Balaban J connectivity index is 2.04. The molecule has 0 aromatic heterocycles. The van der Waals surface area contributed by atoms with Gasteiger partial charge in [0.2, 0.25) is 0 Å². The highest BCUT2D eigenvalue weighted by Gasteiger charge is 2.59. The zero-order valence-corrected chi connectivity index (χ0v) is 7.62. The molecule has 0 nitrogen and oxygen atoms in total. The van der Waals surface area contributed by atoms with E-state index in [0.717, 1.165) is 5.92 Å². The molecule has 0 saturated heterocycles. The summed E-state index contributed by atoms with van der Waals surface area (Å²) in [5.41, 5.74) is 0.646. The summed E-state index contributed by atoms with van der Waals surface area (Å²) in [5.74, 6) is 1.46. The molecule has 2 heteroatoms. The molecule has 2 aliphatic carbocycles. The molecule has 2 aliphatic rings. The number of fused-ring (bicyclic) bond motifs is 1. The molecule has 58 valence electrons. The van der Waals surface area contributed by atoms with Crippen LogP contribution in [0.5, 0.6) is 0 Å². The predicted octanol–water partition coefficient (Wildman–Crippen LogP) is 3.23. The van der Waals surface area contributed by atoms with Crippen molar-refractivity contribution in [2.45, 2.75) is 31.0 Å². The van der Waals surface area contributed by atoms with E-state index < -0.39 is 0 Å². The summed E-state index contributed by atoms with van der Waals surface area (Å²) in [6.45, 7) is 2.35. The Kier molecular flexibility index (Phi) is 1.48. The van der Waals surface area contributed by atoms with Gasteiger partial charge in [-0.15, -0.1) is 23.2 Å². The van der Waals surface area contributed by atoms with Gasteiger partial charge < -0.3 is 0 Å². The summed E-state index contributed by atoms with van der Waals surface area (Å²) < 4.78 is 0. The monoisotopic (exact) mass is 178 g/mol. The lowest BCUT2D eigenvalue weighted by molar-refractivity contribution is 0.513. The van der Waals surface area contributed by atoms with Gasteiger partial charge in [-0.1, -0.05) is 6.92 Å². The van der Waals surface area contributed by atoms with Gasteiger partial charge in [0.25, 0.3) is 0 Å². The third kappa shape index (κ3) is 0.887. The molecule has 0 amide bonds. The van der Waals surface area contributed by atoms with Crippen molar-refractivity contribution in [3.8, 4) is 0 Å². The van der Waals surface area contributed by atoms with Crippen molar-refractivity contribution >= 4 is 23.2 Å². The molecule has 0 heterocycles. The Labute approximate surface area is 71.9 Å². The Morgan fingerprint density at radius 3 is 2.40 bits per heavy atom. The average molecular weight is 179 g/mol. The quantitative estimate of drug-likeness (QED) is 0.542. The van der Waals surface area contributed by atoms with E-state index >= 15 is 0 Å². The molecule has 0 N–H and O–H groups in total. The van der Waals surface area contributed by atoms with E-state index in [1.165, 1.54) is 19.3 Å². The van der Waals surface area contributed by atoms with Crippen LogP contribution in [0.15, 0.2) is 0 Å². The van der Waals surface area contributed by atoms with Crippen LogP contribution in [0, 0.1) is 17.3 Å². The summed E-state index contributed by atoms with van der Waals surface area (Å²) >= 11 is 11.7. The van der Waals surface area contributed by atoms with Crippen LogP contribution in [0.25, 0.3) is 0 Å². The van der Waals surface area contributed by atoms with E-state index in [4.69, 9.17) is 23.2 Å². The van der Waals surface area contributed by atoms with Crippen molar-refractivity contribution in [2.24, 2.45) is 17.3 Å². The zero-order valence-electron chi connectivity index (χ0n) is 6.11. The Morgan fingerprint density at radius 2 is 2.20 bits per heavy atom. The summed E-state index contributed by atoms with van der Waals surface area (Å²) in [6.07, 6.45) is 3.96. The minimum atomic E-state index is -0.116. The van der Waals surface area contributed by atoms with E-state index in [2.05, 4.69) is 6.92 Å². The summed E-state index contributed by atoms with van der Waals surface area (Å²) in [7, 11) is 0. The fourth-order valence-corrected chi connectivity index (χ4v) is 3.00. The van der Waals surface area contributed by atoms with Crippen LogP contribution < -0.4 is 0 Å². The van der Waals surface area contributed by atoms with E-state index in [1.807, 2.05) is 0 Å². The SMILES string of the molecule is C[C@]12CC[C@H](C(Cl)Cl)[C@H]1C2. The lowest BCUT2D eigenvalue weighted by Crippen LogP contribution is -2.07. The first-order chi connectivity index (χ1) is 4.63. The molecule has 0 unspecified atom stereocenters. The molecule has 0 aliphatic heterocycles. The van der Waals surface area contributed by atoms with E-state index in [9.17, 15) is 0 Å². The van der Waals surface area contributed by atoms with Gasteiger partial charge in [-0.25, -0.2) is 0 Å². The highest BCUT2D eigenvalue weighted by molar-refractivity contribution is 6.44. The van der Waals surface area contributed by atoms with Gasteiger partial charge in [-0.05, 0) is 36.5 Å². The normalized spacial score (nSPS) is 51.6. The van der Waals surface area contributed by atoms with Crippen molar-refractivity contribution in [2.75, 3.05) is 0 Å². The molecule has 2 fully saturated rings. The fourth-order valence-electron chi connectivity index (χ4n) is 2.40. The van der Waals surface area contributed by atoms with Crippen molar-refractivity contribution in [1.82, 2.24) is 0 Å². The second-order valence-corrected chi connectivity index (χ2v) is 5.17. The minimum absolute atomic E-state index is 0.116. The van der Waals surface area contributed by atoms with Gasteiger partial charge in [0, 0.05) is 0 Å². The molecule has 0 spiro atoms. The molecule has 3 atom stereocenters. The third-order valence-electron chi connectivity index (χ3n) is 3.31. The summed E-state index contributed by atoms with van der Waals surface area (Å²) in [4.78, 5) is -0.116. The fraction of sp³-hybridized carbons (Fsp3) is 1.00. The number of hydrogen-bond acceptors (Lipinski definition) is 0. The van der Waals surface area contributed by atoms with Crippen LogP contribution in [0.2, 0.25) is 0 Å². The van der Waals surface area contributed by atoms with Gasteiger partial charge in [-0.2, -0.15) is 0 Å². The molecule has 10 heavy (non-hydrogen) atoms. The molecule has 0 bridgehead atoms. The Morgan fingerprint density at radius 1 is 1.50 bits per heavy atom. The van der Waals surface area contributed by atoms with Crippen LogP contribution in [-0.2, 0) is 0 Å². The Hall–Kier alpha value is 0.580. The topological polar surface area (TPSA) is 0 Å². The smallest absolute Gasteiger partial charge is 0.105 e. The zero-order chi connectivity index (χ0) is 7.35. The molecular formula is C8H12Cl2. The summed E-state index contributed by atoms with van der Waals surface area (Å²) in [5, 5.41) is 0. The first-order valence-electron chi connectivity index (χ1n) is 3.92. The maximum absolute atomic E-state index is 5.83. The van der Waals surface area contributed by atoms with Crippen LogP contribution in [0.4, 0.5) is 0 Å². The van der Waals surface area contributed by atoms with Gasteiger partial charge in [0.05, 0.1) is 0 Å². The standard InChI is InChI=1S/C8H12Cl2/c1-8-3-2-5(7(9)10)6(8)4-8/h5-7H,2-4H2,1H3/t5-,6+,8+/m0/s1. The van der Waals surface area contributed by atoms with Gasteiger partial charge in [0.1, 0.15) is 4.84 Å². The van der Waals surface area contributed by atoms with Crippen molar-refractivity contribution in [3.63, 3.8) is 0 Å². The van der Waals surface area contributed by atoms with Gasteiger partial charge >= 0.3 is 0 Å². The first-order valence-corrected chi connectivity index (χ1v) is 4.79. The molecule has 2 saturated carbocycles. The van der Waals surface area contributed by atoms with Crippen molar-refractivity contribution in [3.05, 3.63) is 0 Å². The predicted molar refractivity (Wildman–Crippen MR) is 44.4 cm³/mol. The maximum atomic E-state index is 5.83. The van der Waals surface area contributed by atoms with Crippen molar-refractivity contribution < 1.29 is 0 Å². The largest absolute Gasteiger partial charge is 0.110 e. The minimum Gasteiger partial charge on any atom is -0.105 e. The highest BCUT2D eigenvalue weighted by atomic mass is 35.5. The lowest BCUT2D eigenvalue weighted by Gasteiger charge is -2.10. The third-order valence-corrected chi connectivity index (χ3v) is 3.96. The Bertz CT molecular complexity index is 155.